The highest BCUT2D eigenvalue weighted by atomic mass is 79.9. The van der Waals surface area contributed by atoms with E-state index in [1.165, 1.54) is 6.07 Å². The van der Waals surface area contributed by atoms with Crippen molar-refractivity contribution < 1.29 is 12.8 Å². The van der Waals surface area contributed by atoms with Crippen molar-refractivity contribution in [3.05, 3.63) is 28.0 Å². The fraction of sp³-hybridized carbons (Fsp3) is 0.455. The topological polar surface area (TPSA) is 46.2 Å². The molecule has 0 aromatic heterocycles. The Hall–Kier alpha value is -0.460. The predicted octanol–water partition coefficient (Wildman–Crippen LogP) is 2.07. The summed E-state index contributed by atoms with van der Waals surface area (Å²) >= 11 is 3.14. The van der Waals surface area contributed by atoms with E-state index in [9.17, 15) is 12.8 Å². The first-order valence-corrected chi connectivity index (χ1v) is 7.98. The highest BCUT2D eigenvalue weighted by Gasteiger charge is 2.23. The van der Waals surface area contributed by atoms with Crippen LogP contribution < -0.4 is 5.32 Å². The van der Waals surface area contributed by atoms with Crippen LogP contribution in [-0.2, 0) is 9.84 Å². The minimum atomic E-state index is -3.54. The summed E-state index contributed by atoms with van der Waals surface area (Å²) in [6.45, 7) is 1.72. The van der Waals surface area contributed by atoms with Crippen molar-refractivity contribution in [3.8, 4) is 0 Å². The Labute approximate surface area is 108 Å². The smallest absolute Gasteiger partial charge is 0.179 e. The minimum absolute atomic E-state index is 0.257. The van der Waals surface area contributed by atoms with Gasteiger partial charge < -0.3 is 5.32 Å². The van der Waals surface area contributed by atoms with Crippen LogP contribution >= 0.6 is 15.9 Å². The van der Waals surface area contributed by atoms with Gasteiger partial charge in [-0.15, -0.1) is 0 Å². The van der Waals surface area contributed by atoms with Crippen molar-refractivity contribution in [1.82, 2.24) is 5.32 Å². The Balaban J connectivity index is 2.48. The van der Waals surface area contributed by atoms with E-state index >= 15 is 0 Å². The molecule has 1 N–H and O–H groups in total. The van der Waals surface area contributed by atoms with Gasteiger partial charge in [0.25, 0.3) is 0 Å². The Morgan fingerprint density at radius 1 is 1.47 bits per heavy atom. The molecule has 17 heavy (non-hydrogen) atoms. The number of hydrogen-bond donors (Lipinski definition) is 1. The van der Waals surface area contributed by atoms with Crippen molar-refractivity contribution in [2.75, 3.05) is 19.3 Å². The molecule has 0 amide bonds. The number of sulfone groups is 1. The van der Waals surface area contributed by atoms with E-state index in [-0.39, 0.29) is 10.8 Å². The predicted molar refractivity (Wildman–Crippen MR) is 67.4 cm³/mol. The van der Waals surface area contributed by atoms with Crippen molar-refractivity contribution in [1.29, 1.82) is 0 Å². The summed E-state index contributed by atoms with van der Waals surface area (Å²) in [4.78, 5) is -0.257. The highest BCUT2D eigenvalue weighted by Crippen LogP contribution is 2.31. The maximum absolute atomic E-state index is 13.8. The molecule has 1 atom stereocenters. The summed E-state index contributed by atoms with van der Waals surface area (Å²) < 4.78 is 37.0. The summed E-state index contributed by atoms with van der Waals surface area (Å²) in [5, 5.41) is 3.20. The van der Waals surface area contributed by atoms with Gasteiger partial charge in [0.05, 0.1) is 0 Å². The zero-order valence-electron chi connectivity index (χ0n) is 9.33. The quantitative estimate of drug-likeness (QED) is 0.907. The first kappa shape index (κ1) is 13.0. The lowest BCUT2D eigenvalue weighted by molar-refractivity contribution is 0.565. The molecule has 1 aliphatic rings. The van der Waals surface area contributed by atoms with Crippen LogP contribution in [0, 0.1) is 5.82 Å². The van der Waals surface area contributed by atoms with Gasteiger partial charge in [-0.25, -0.2) is 12.8 Å². The lowest BCUT2D eigenvalue weighted by Crippen LogP contribution is -2.09. The third kappa shape index (κ3) is 2.69. The second-order valence-corrected chi connectivity index (χ2v) is 7.08. The minimum Gasteiger partial charge on any atom is -0.316 e. The van der Waals surface area contributed by atoms with Gasteiger partial charge in [0, 0.05) is 17.3 Å². The summed E-state index contributed by atoms with van der Waals surface area (Å²) in [6, 6.07) is 3.04. The van der Waals surface area contributed by atoms with Gasteiger partial charge in [0.2, 0.25) is 0 Å². The maximum Gasteiger partial charge on any atom is 0.179 e. The van der Waals surface area contributed by atoms with E-state index in [4.69, 9.17) is 0 Å². The molecule has 0 aliphatic carbocycles. The number of nitrogens with one attached hydrogen (secondary N) is 1. The highest BCUT2D eigenvalue weighted by molar-refractivity contribution is 9.10. The molecule has 94 valence electrons. The van der Waals surface area contributed by atoms with E-state index in [2.05, 4.69) is 21.2 Å². The van der Waals surface area contributed by atoms with Crippen LogP contribution in [0.1, 0.15) is 17.9 Å². The zero-order chi connectivity index (χ0) is 12.6. The first-order valence-electron chi connectivity index (χ1n) is 5.29. The monoisotopic (exact) mass is 321 g/mol. The van der Waals surface area contributed by atoms with Crippen LogP contribution in [0.25, 0.3) is 0 Å². The molecule has 2 rings (SSSR count). The first-order chi connectivity index (χ1) is 7.89. The molecule has 1 saturated heterocycles. The Kier molecular flexibility index (Phi) is 3.56. The van der Waals surface area contributed by atoms with Crippen molar-refractivity contribution in [3.63, 3.8) is 0 Å². The number of hydrogen-bond acceptors (Lipinski definition) is 3. The summed E-state index contributed by atoms with van der Waals surface area (Å²) in [5.74, 6) is -0.418. The van der Waals surface area contributed by atoms with Gasteiger partial charge in [-0.05, 0) is 52.5 Å². The molecule has 6 heteroatoms. The van der Waals surface area contributed by atoms with Crippen LogP contribution in [0.15, 0.2) is 21.5 Å². The van der Waals surface area contributed by atoms with E-state index in [0.717, 1.165) is 31.3 Å². The van der Waals surface area contributed by atoms with Crippen molar-refractivity contribution in [2.24, 2.45) is 0 Å². The lowest BCUT2D eigenvalue weighted by Gasteiger charge is -2.12. The van der Waals surface area contributed by atoms with E-state index < -0.39 is 15.7 Å². The average molecular weight is 322 g/mol. The lowest BCUT2D eigenvalue weighted by atomic mass is 9.98. The molecule has 1 aliphatic heterocycles. The standard InChI is InChI=1S/C11H13BrFNO2S/c1-17(15,16)11-9(12)4-8(5-10(11)13)7-2-3-14-6-7/h4-5,7,14H,2-3,6H2,1H3. The molecule has 0 bridgehead atoms. The molecule has 1 heterocycles. The third-order valence-electron chi connectivity index (χ3n) is 2.92. The SMILES string of the molecule is CS(=O)(=O)c1c(F)cc(C2CCNC2)cc1Br. The molecule has 0 saturated carbocycles. The number of benzene rings is 1. The van der Waals surface area contributed by atoms with Gasteiger partial charge in [-0.1, -0.05) is 0 Å². The molecule has 1 aromatic carbocycles. The molecule has 3 nitrogen and oxygen atoms in total. The van der Waals surface area contributed by atoms with E-state index in [1.807, 2.05) is 0 Å². The maximum atomic E-state index is 13.8. The van der Waals surface area contributed by atoms with E-state index in [1.54, 1.807) is 6.07 Å². The molecule has 1 unspecified atom stereocenters. The van der Waals surface area contributed by atoms with Crippen LogP contribution in [0.2, 0.25) is 0 Å². The van der Waals surface area contributed by atoms with Gasteiger partial charge >= 0.3 is 0 Å². The summed E-state index contributed by atoms with van der Waals surface area (Å²) in [7, 11) is -3.54. The number of rotatable bonds is 2. The van der Waals surface area contributed by atoms with Gasteiger partial charge in [-0.3, -0.25) is 0 Å². The average Bonchev–Trinajstić information content (AvgIpc) is 2.66. The summed E-state index contributed by atoms with van der Waals surface area (Å²) in [5.41, 5.74) is 0.840. The number of halogens is 2. The molecular formula is C11H13BrFNO2S. The Morgan fingerprint density at radius 3 is 2.65 bits per heavy atom. The Morgan fingerprint density at radius 2 is 2.18 bits per heavy atom. The zero-order valence-corrected chi connectivity index (χ0v) is 11.7. The van der Waals surface area contributed by atoms with Crippen LogP contribution in [0.5, 0.6) is 0 Å². The third-order valence-corrected chi connectivity index (χ3v) is 4.97. The van der Waals surface area contributed by atoms with Gasteiger partial charge in [-0.2, -0.15) is 0 Å². The fourth-order valence-corrected chi connectivity index (χ4v) is 4.27. The van der Waals surface area contributed by atoms with Crippen molar-refractivity contribution >= 4 is 25.8 Å². The molecule has 1 fully saturated rings. The van der Waals surface area contributed by atoms with Crippen LogP contribution in [0.3, 0.4) is 0 Å². The largest absolute Gasteiger partial charge is 0.316 e. The Bertz CT molecular complexity index is 515. The van der Waals surface area contributed by atoms with Crippen LogP contribution in [0.4, 0.5) is 4.39 Å². The van der Waals surface area contributed by atoms with Gasteiger partial charge in [0.15, 0.2) is 9.84 Å². The fourth-order valence-electron chi connectivity index (χ4n) is 2.11. The van der Waals surface area contributed by atoms with Crippen molar-refractivity contribution in [2.45, 2.75) is 17.2 Å². The van der Waals surface area contributed by atoms with Crippen LogP contribution in [-0.4, -0.2) is 27.8 Å². The molecule has 0 radical (unpaired) electrons. The second-order valence-electron chi connectivity index (χ2n) is 4.28. The molecular weight excluding hydrogens is 309 g/mol. The summed E-state index contributed by atoms with van der Waals surface area (Å²) in [6.07, 6.45) is 1.96. The van der Waals surface area contributed by atoms with E-state index in [0.29, 0.717) is 4.47 Å². The molecule has 1 aromatic rings. The normalized spacial score (nSPS) is 20.8. The van der Waals surface area contributed by atoms with Gasteiger partial charge in [0.1, 0.15) is 10.7 Å². The second kappa shape index (κ2) is 4.66. The molecule has 0 spiro atoms.